The second-order valence-electron chi connectivity index (χ2n) is 7.50. The molecule has 154 valence electrons. The summed E-state index contributed by atoms with van der Waals surface area (Å²) in [6, 6.07) is 13.6. The summed E-state index contributed by atoms with van der Waals surface area (Å²) in [5.74, 6) is 0. The van der Waals surface area contributed by atoms with E-state index in [9.17, 15) is 8.42 Å². The molecule has 0 unspecified atom stereocenters. The Hall–Kier alpha value is -2.12. The van der Waals surface area contributed by atoms with Crippen molar-refractivity contribution >= 4 is 27.0 Å². The molecule has 0 bridgehead atoms. The van der Waals surface area contributed by atoms with E-state index in [2.05, 4.69) is 6.92 Å². The molecule has 1 fully saturated rings. The Labute approximate surface area is 177 Å². The summed E-state index contributed by atoms with van der Waals surface area (Å²) in [6.07, 6.45) is 7.97. The Morgan fingerprint density at radius 1 is 1.14 bits per heavy atom. The molecule has 0 amide bonds. The molecule has 3 aromatic rings. The van der Waals surface area contributed by atoms with Crippen LogP contribution in [-0.2, 0) is 10.0 Å². The number of aromatic nitrogens is 2. The monoisotopic (exact) mass is 429 g/mol. The molecular weight excluding hydrogens is 402 g/mol. The van der Waals surface area contributed by atoms with Gasteiger partial charge in [0.2, 0.25) is 0 Å². The summed E-state index contributed by atoms with van der Waals surface area (Å²) in [5, 5.41) is 6.74. The van der Waals surface area contributed by atoms with Gasteiger partial charge in [-0.15, -0.1) is 11.3 Å². The van der Waals surface area contributed by atoms with Crippen LogP contribution < -0.4 is 4.31 Å². The normalized spacial score (nSPS) is 15.1. The van der Waals surface area contributed by atoms with E-state index < -0.39 is 10.0 Å². The third-order valence-corrected chi connectivity index (χ3v) is 8.18. The fraction of sp³-hybridized carbons (Fsp3) is 0.409. The van der Waals surface area contributed by atoms with Gasteiger partial charge in [0.25, 0.3) is 10.0 Å². The maximum absolute atomic E-state index is 13.9. The molecule has 0 aliphatic heterocycles. The number of anilines is 1. The van der Waals surface area contributed by atoms with Crippen LogP contribution in [0.4, 0.5) is 5.69 Å². The van der Waals surface area contributed by atoms with Crippen molar-refractivity contribution in [3.63, 3.8) is 0 Å². The number of sulfonamides is 1. The van der Waals surface area contributed by atoms with Crippen LogP contribution in [0.1, 0.15) is 51.5 Å². The molecule has 0 N–H and O–H groups in total. The molecule has 1 saturated carbocycles. The molecule has 4 rings (SSSR count). The molecule has 0 saturated heterocycles. The van der Waals surface area contributed by atoms with Gasteiger partial charge in [-0.1, -0.05) is 50.5 Å². The molecule has 0 atom stereocenters. The van der Waals surface area contributed by atoms with E-state index in [0.717, 1.165) is 30.6 Å². The Balaban J connectivity index is 1.81. The molecule has 2 aromatic heterocycles. The maximum Gasteiger partial charge on any atom is 0.268 e. The number of nitrogens with zero attached hydrogens (tertiary/aromatic N) is 3. The van der Waals surface area contributed by atoms with E-state index in [0.29, 0.717) is 28.9 Å². The van der Waals surface area contributed by atoms with Gasteiger partial charge in [0, 0.05) is 12.7 Å². The zero-order valence-electron chi connectivity index (χ0n) is 16.7. The average molecular weight is 430 g/mol. The lowest BCUT2D eigenvalue weighted by Gasteiger charge is -2.24. The zero-order valence-corrected chi connectivity index (χ0v) is 18.3. The van der Waals surface area contributed by atoms with Crippen LogP contribution in [-0.4, -0.2) is 24.7 Å². The van der Waals surface area contributed by atoms with Crippen molar-refractivity contribution in [3.8, 4) is 10.6 Å². The predicted molar refractivity (Wildman–Crippen MR) is 119 cm³/mol. The lowest BCUT2D eigenvalue weighted by Crippen LogP contribution is -2.32. The molecule has 1 aliphatic carbocycles. The standard InChI is InChI=1S/C22H27N3O2S2/c1-2-3-15-25(19-12-5-4-6-13-19)29(26,27)21-17-24(18-10-7-8-11-18)23-22(21)20-14-9-16-28-20/h4-6,9,12-14,16-18H,2-3,7-8,10-11,15H2,1H3. The van der Waals surface area contributed by atoms with Crippen molar-refractivity contribution in [1.82, 2.24) is 9.78 Å². The quantitative estimate of drug-likeness (QED) is 0.460. The average Bonchev–Trinajstić information content (AvgIpc) is 3.49. The second-order valence-corrected chi connectivity index (χ2v) is 10.3. The van der Waals surface area contributed by atoms with Crippen molar-refractivity contribution in [2.75, 3.05) is 10.8 Å². The first-order valence-electron chi connectivity index (χ1n) is 10.3. The highest BCUT2D eigenvalue weighted by molar-refractivity contribution is 7.93. The first-order chi connectivity index (χ1) is 14.1. The number of benzene rings is 1. The third kappa shape index (κ3) is 4.12. The molecule has 2 heterocycles. The highest BCUT2D eigenvalue weighted by Crippen LogP contribution is 2.36. The first kappa shape index (κ1) is 20.2. The van der Waals surface area contributed by atoms with Crippen LogP contribution >= 0.6 is 11.3 Å². The fourth-order valence-corrected chi connectivity index (χ4v) is 6.34. The summed E-state index contributed by atoms with van der Waals surface area (Å²) in [6.45, 7) is 2.53. The Kier molecular flexibility index (Phi) is 6.06. The van der Waals surface area contributed by atoms with Crippen molar-refractivity contribution < 1.29 is 8.42 Å². The van der Waals surface area contributed by atoms with Crippen LogP contribution in [0.2, 0.25) is 0 Å². The minimum atomic E-state index is -3.74. The topological polar surface area (TPSA) is 55.2 Å². The van der Waals surface area contributed by atoms with Gasteiger partial charge < -0.3 is 0 Å². The lowest BCUT2D eigenvalue weighted by molar-refractivity contribution is 0.467. The summed E-state index contributed by atoms with van der Waals surface area (Å²) < 4.78 is 31.2. The number of hydrogen-bond donors (Lipinski definition) is 0. The minimum absolute atomic E-state index is 0.290. The van der Waals surface area contributed by atoms with Crippen LogP contribution in [0.15, 0.2) is 58.9 Å². The maximum atomic E-state index is 13.9. The molecule has 1 aliphatic rings. The van der Waals surface area contributed by atoms with Crippen LogP contribution in [0.25, 0.3) is 10.6 Å². The van der Waals surface area contributed by atoms with Gasteiger partial charge in [0.05, 0.1) is 16.6 Å². The third-order valence-electron chi connectivity index (χ3n) is 5.48. The van der Waals surface area contributed by atoms with Crippen molar-refractivity contribution in [3.05, 3.63) is 54.0 Å². The summed E-state index contributed by atoms with van der Waals surface area (Å²) in [7, 11) is -3.74. The van der Waals surface area contributed by atoms with Gasteiger partial charge in [-0.25, -0.2) is 8.42 Å². The van der Waals surface area contributed by atoms with E-state index in [1.165, 1.54) is 24.2 Å². The van der Waals surface area contributed by atoms with E-state index in [4.69, 9.17) is 5.10 Å². The number of thiophene rings is 1. The number of para-hydroxylation sites is 1. The molecule has 5 nitrogen and oxygen atoms in total. The van der Waals surface area contributed by atoms with Crippen molar-refractivity contribution in [1.29, 1.82) is 0 Å². The predicted octanol–water partition coefficient (Wildman–Crippen LogP) is 5.72. The van der Waals surface area contributed by atoms with Crippen LogP contribution in [0.3, 0.4) is 0 Å². The lowest BCUT2D eigenvalue weighted by atomic mass is 10.3. The van der Waals surface area contributed by atoms with E-state index in [1.807, 2.05) is 52.5 Å². The van der Waals surface area contributed by atoms with Crippen molar-refractivity contribution in [2.45, 2.75) is 56.4 Å². The Bertz CT molecular complexity index is 1020. The highest BCUT2D eigenvalue weighted by atomic mass is 32.2. The molecule has 29 heavy (non-hydrogen) atoms. The van der Waals surface area contributed by atoms with E-state index in [1.54, 1.807) is 10.5 Å². The largest absolute Gasteiger partial charge is 0.268 e. The van der Waals surface area contributed by atoms with E-state index in [-0.39, 0.29) is 0 Å². The van der Waals surface area contributed by atoms with Crippen molar-refractivity contribution in [2.24, 2.45) is 0 Å². The summed E-state index contributed by atoms with van der Waals surface area (Å²) in [5.41, 5.74) is 1.27. The second kappa shape index (κ2) is 8.71. The fourth-order valence-electron chi connectivity index (χ4n) is 3.91. The molecule has 1 aromatic carbocycles. The van der Waals surface area contributed by atoms with Crippen LogP contribution in [0, 0.1) is 0 Å². The molecule has 7 heteroatoms. The molecular formula is C22H27N3O2S2. The van der Waals surface area contributed by atoms with Crippen LogP contribution in [0.5, 0.6) is 0 Å². The number of hydrogen-bond acceptors (Lipinski definition) is 4. The minimum Gasteiger partial charge on any atom is -0.268 e. The van der Waals surface area contributed by atoms with E-state index >= 15 is 0 Å². The number of unbranched alkanes of at least 4 members (excludes halogenated alkanes) is 1. The SMILES string of the molecule is CCCCN(c1ccccc1)S(=O)(=O)c1cn(C2CCCC2)nc1-c1cccs1. The first-order valence-corrected chi connectivity index (χ1v) is 12.6. The zero-order chi connectivity index (χ0) is 20.3. The van der Waals surface area contributed by atoms with Gasteiger partial charge in [0.1, 0.15) is 10.6 Å². The Morgan fingerprint density at radius 3 is 2.55 bits per heavy atom. The van der Waals surface area contributed by atoms with Gasteiger partial charge >= 0.3 is 0 Å². The van der Waals surface area contributed by atoms with Gasteiger partial charge in [-0.05, 0) is 42.8 Å². The molecule has 0 spiro atoms. The Morgan fingerprint density at radius 2 is 1.90 bits per heavy atom. The van der Waals surface area contributed by atoms with Gasteiger partial charge in [0.15, 0.2) is 0 Å². The molecule has 0 radical (unpaired) electrons. The smallest absolute Gasteiger partial charge is 0.268 e. The highest BCUT2D eigenvalue weighted by Gasteiger charge is 2.32. The number of rotatable bonds is 8. The van der Waals surface area contributed by atoms with Gasteiger partial charge in [-0.2, -0.15) is 5.10 Å². The summed E-state index contributed by atoms with van der Waals surface area (Å²) >= 11 is 1.53. The van der Waals surface area contributed by atoms with Gasteiger partial charge in [-0.3, -0.25) is 8.99 Å². The summed E-state index contributed by atoms with van der Waals surface area (Å²) in [4.78, 5) is 1.20.